The average molecular weight is 341 g/mol. The van der Waals surface area contributed by atoms with Crippen molar-refractivity contribution in [3.05, 3.63) is 39.7 Å². The maximum Gasteiger partial charge on any atom is 0.194 e. The van der Waals surface area contributed by atoms with Crippen molar-refractivity contribution in [3.63, 3.8) is 0 Å². The third-order valence-corrected chi connectivity index (χ3v) is 5.51. The summed E-state index contributed by atoms with van der Waals surface area (Å²) in [4.78, 5) is 21.4. The standard InChI is InChI=1S/C21H31N3O/c1-4-24(5-2)17-10-11-20-18(14-17)21(25)19(16(3)22-20)15-23-12-8-6-7-9-13-23/h10-11,14H,4-9,12-13,15H2,1-3H3,(H,22,25). The number of anilines is 1. The number of fused-ring (bicyclic) bond motifs is 1. The quantitative estimate of drug-likeness (QED) is 0.891. The van der Waals surface area contributed by atoms with Crippen LogP contribution in [0, 0.1) is 6.92 Å². The zero-order chi connectivity index (χ0) is 17.8. The van der Waals surface area contributed by atoms with Crippen LogP contribution in [0.15, 0.2) is 23.0 Å². The summed E-state index contributed by atoms with van der Waals surface area (Å²) < 4.78 is 0. The van der Waals surface area contributed by atoms with E-state index in [1.165, 1.54) is 25.7 Å². The molecule has 0 aliphatic carbocycles. The van der Waals surface area contributed by atoms with Gasteiger partial charge in [-0.2, -0.15) is 0 Å². The number of H-pyrrole nitrogens is 1. The van der Waals surface area contributed by atoms with Crippen molar-refractivity contribution >= 4 is 16.6 Å². The van der Waals surface area contributed by atoms with E-state index in [2.05, 4.69) is 40.8 Å². The van der Waals surface area contributed by atoms with Gasteiger partial charge in [0.15, 0.2) is 5.43 Å². The minimum Gasteiger partial charge on any atom is -0.372 e. The molecule has 1 aromatic carbocycles. The Labute approximate surface area is 150 Å². The third kappa shape index (κ3) is 3.90. The van der Waals surface area contributed by atoms with Gasteiger partial charge >= 0.3 is 0 Å². The van der Waals surface area contributed by atoms with E-state index in [1.54, 1.807) is 0 Å². The number of likely N-dealkylation sites (tertiary alicyclic amines) is 1. The van der Waals surface area contributed by atoms with Crippen LogP contribution in [0.4, 0.5) is 5.69 Å². The molecule has 1 fully saturated rings. The van der Waals surface area contributed by atoms with Crippen LogP contribution < -0.4 is 10.3 Å². The second-order valence-electron chi connectivity index (χ2n) is 7.15. The number of nitrogens with zero attached hydrogens (tertiary/aromatic N) is 2. The van der Waals surface area contributed by atoms with Gasteiger partial charge in [0.2, 0.25) is 0 Å². The third-order valence-electron chi connectivity index (χ3n) is 5.51. The molecule has 1 saturated heterocycles. The van der Waals surface area contributed by atoms with Crippen LogP contribution in [-0.2, 0) is 6.54 Å². The van der Waals surface area contributed by atoms with Gasteiger partial charge in [0.05, 0.1) is 0 Å². The van der Waals surface area contributed by atoms with E-state index in [1.807, 2.05) is 13.0 Å². The SMILES string of the molecule is CCN(CC)c1ccc2[nH]c(C)c(CN3CCCCCC3)c(=O)c2c1. The fourth-order valence-electron chi connectivity index (χ4n) is 3.93. The zero-order valence-corrected chi connectivity index (χ0v) is 15.9. The lowest BCUT2D eigenvalue weighted by molar-refractivity contribution is 0.275. The van der Waals surface area contributed by atoms with E-state index < -0.39 is 0 Å². The van der Waals surface area contributed by atoms with Crippen LogP contribution in [0.3, 0.4) is 0 Å². The first-order valence-corrected chi connectivity index (χ1v) is 9.76. The van der Waals surface area contributed by atoms with Crippen molar-refractivity contribution in [1.29, 1.82) is 0 Å². The molecule has 136 valence electrons. The number of hydrogen-bond donors (Lipinski definition) is 1. The van der Waals surface area contributed by atoms with Crippen molar-refractivity contribution in [3.8, 4) is 0 Å². The summed E-state index contributed by atoms with van der Waals surface area (Å²) in [6, 6.07) is 6.22. The van der Waals surface area contributed by atoms with Gasteiger partial charge in [-0.1, -0.05) is 12.8 Å². The predicted octanol–water partition coefficient (Wildman–Crippen LogP) is 4.06. The fourth-order valence-corrected chi connectivity index (χ4v) is 3.93. The molecule has 0 amide bonds. The molecule has 4 heteroatoms. The van der Waals surface area contributed by atoms with Crippen molar-refractivity contribution in [2.75, 3.05) is 31.1 Å². The molecule has 0 spiro atoms. The zero-order valence-electron chi connectivity index (χ0n) is 15.9. The molecular weight excluding hydrogens is 310 g/mol. The molecular formula is C21H31N3O. The molecule has 2 aromatic rings. The van der Waals surface area contributed by atoms with E-state index in [0.29, 0.717) is 0 Å². The normalized spacial score (nSPS) is 16.1. The molecule has 1 aliphatic rings. The highest BCUT2D eigenvalue weighted by molar-refractivity contribution is 5.83. The largest absolute Gasteiger partial charge is 0.372 e. The second-order valence-corrected chi connectivity index (χ2v) is 7.15. The van der Waals surface area contributed by atoms with E-state index in [0.717, 1.165) is 60.6 Å². The molecule has 2 heterocycles. The van der Waals surface area contributed by atoms with Crippen LogP contribution in [0.25, 0.3) is 10.9 Å². The summed E-state index contributed by atoms with van der Waals surface area (Å²) in [7, 11) is 0. The molecule has 1 aromatic heterocycles. The summed E-state index contributed by atoms with van der Waals surface area (Å²) in [6.45, 7) is 11.2. The molecule has 25 heavy (non-hydrogen) atoms. The van der Waals surface area contributed by atoms with Crippen LogP contribution in [0.2, 0.25) is 0 Å². The van der Waals surface area contributed by atoms with Gasteiger partial charge in [0.25, 0.3) is 0 Å². The lowest BCUT2D eigenvalue weighted by Crippen LogP contribution is -2.28. The van der Waals surface area contributed by atoms with Crippen LogP contribution >= 0.6 is 0 Å². The molecule has 0 radical (unpaired) electrons. The summed E-state index contributed by atoms with van der Waals surface area (Å²) in [5, 5.41) is 0.819. The van der Waals surface area contributed by atoms with E-state index >= 15 is 0 Å². The van der Waals surface area contributed by atoms with E-state index in [9.17, 15) is 4.79 Å². The Hall–Kier alpha value is -1.81. The molecule has 0 saturated carbocycles. The minimum absolute atomic E-state index is 0.199. The summed E-state index contributed by atoms with van der Waals surface area (Å²) in [5.41, 5.74) is 4.22. The van der Waals surface area contributed by atoms with Gasteiger partial charge in [-0.25, -0.2) is 0 Å². The average Bonchev–Trinajstić information content (AvgIpc) is 2.89. The van der Waals surface area contributed by atoms with Crippen molar-refractivity contribution < 1.29 is 0 Å². The van der Waals surface area contributed by atoms with E-state index in [-0.39, 0.29) is 5.43 Å². The number of aromatic nitrogens is 1. The Morgan fingerprint density at radius 2 is 1.76 bits per heavy atom. The maximum atomic E-state index is 13.2. The molecule has 1 N–H and O–H groups in total. The molecule has 4 nitrogen and oxygen atoms in total. The molecule has 3 rings (SSSR count). The van der Waals surface area contributed by atoms with Gasteiger partial charge in [-0.3, -0.25) is 9.69 Å². The fraction of sp³-hybridized carbons (Fsp3) is 0.571. The highest BCUT2D eigenvalue weighted by Gasteiger charge is 2.16. The predicted molar refractivity (Wildman–Crippen MR) is 107 cm³/mol. The number of pyridine rings is 1. The summed E-state index contributed by atoms with van der Waals surface area (Å²) in [5.74, 6) is 0. The first kappa shape index (κ1) is 18.0. The smallest absolute Gasteiger partial charge is 0.194 e. The van der Waals surface area contributed by atoms with Crippen LogP contribution in [0.5, 0.6) is 0 Å². The van der Waals surface area contributed by atoms with Crippen molar-refractivity contribution in [2.45, 2.75) is 53.0 Å². The number of hydrogen-bond acceptors (Lipinski definition) is 3. The van der Waals surface area contributed by atoms with Gasteiger partial charge in [-0.15, -0.1) is 0 Å². The van der Waals surface area contributed by atoms with Gasteiger partial charge < -0.3 is 9.88 Å². The van der Waals surface area contributed by atoms with Crippen molar-refractivity contribution in [2.24, 2.45) is 0 Å². The number of aryl methyl sites for hydroxylation is 1. The molecule has 0 unspecified atom stereocenters. The molecule has 0 atom stereocenters. The maximum absolute atomic E-state index is 13.2. The second kappa shape index (κ2) is 8.05. The number of nitrogens with one attached hydrogen (secondary N) is 1. The van der Waals surface area contributed by atoms with Crippen LogP contribution in [0.1, 0.15) is 50.8 Å². The number of benzene rings is 1. The summed E-state index contributed by atoms with van der Waals surface area (Å²) >= 11 is 0. The molecule has 0 bridgehead atoms. The van der Waals surface area contributed by atoms with Crippen LogP contribution in [-0.4, -0.2) is 36.1 Å². The lowest BCUT2D eigenvalue weighted by Gasteiger charge is -2.22. The van der Waals surface area contributed by atoms with Gasteiger partial charge in [-0.05, 0) is 64.9 Å². The first-order chi connectivity index (χ1) is 12.1. The highest BCUT2D eigenvalue weighted by atomic mass is 16.1. The minimum atomic E-state index is 0.199. The van der Waals surface area contributed by atoms with E-state index in [4.69, 9.17) is 0 Å². The molecule has 1 aliphatic heterocycles. The lowest BCUT2D eigenvalue weighted by atomic mass is 10.1. The topological polar surface area (TPSA) is 39.3 Å². The Bertz CT molecular complexity index is 769. The Morgan fingerprint density at radius 1 is 1.08 bits per heavy atom. The Morgan fingerprint density at radius 3 is 2.40 bits per heavy atom. The van der Waals surface area contributed by atoms with Crippen molar-refractivity contribution in [1.82, 2.24) is 9.88 Å². The Kier molecular flexibility index (Phi) is 5.79. The summed E-state index contributed by atoms with van der Waals surface area (Å²) in [6.07, 6.45) is 5.13. The van der Waals surface area contributed by atoms with Gasteiger partial charge in [0.1, 0.15) is 0 Å². The van der Waals surface area contributed by atoms with Gasteiger partial charge in [0, 0.05) is 47.5 Å². The Balaban J connectivity index is 1.99. The number of rotatable bonds is 5. The number of aromatic amines is 1. The highest BCUT2D eigenvalue weighted by Crippen LogP contribution is 2.21. The monoisotopic (exact) mass is 341 g/mol. The first-order valence-electron chi connectivity index (χ1n) is 9.76.